The third-order valence-electron chi connectivity index (χ3n) is 5.96. The quantitative estimate of drug-likeness (QED) is 0.509. The van der Waals surface area contributed by atoms with E-state index in [1.807, 2.05) is 0 Å². The Labute approximate surface area is 211 Å². The monoisotopic (exact) mass is 519 g/mol. The van der Waals surface area contributed by atoms with E-state index in [4.69, 9.17) is 9.47 Å². The van der Waals surface area contributed by atoms with Gasteiger partial charge in [-0.3, -0.25) is 4.79 Å². The van der Waals surface area contributed by atoms with Crippen LogP contribution in [0.1, 0.15) is 42.4 Å². The van der Waals surface area contributed by atoms with Crippen LogP contribution in [0.25, 0.3) is 16.9 Å². The minimum Gasteiger partial charge on any atom is -0.497 e. The number of rotatable bonds is 3. The molecule has 37 heavy (non-hydrogen) atoms. The molecule has 1 aliphatic heterocycles. The molecule has 9 nitrogen and oxygen atoms in total. The molecule has 12 heteroatoms. The highest BCUT2D eigenvalue weighted by Crippen LogP contribution is 2.37. The number of hydrogen-bond acceptors (Lipinski definition) is 6. The predicted molar refractivity (Wildman–Crippen MR) is 128 cm³/mol. The summed E-state index contributed by atoms with van der Waals surface area (Å²) in [7, 11) is 1.49. The Balaban J connectivity index is 1.68. The summed E-state index contributed by atoms with van der Waals surface area (Å²) in [5.74, 6) is 0.0354. The zero-order valence-corrected chi connectivity index (χ0v) is 21.2. The maximum atomic E-state index is 14.1. The number of carbonyl (C=O) groups excluding carboxylic acids is 2. The van der Waals surface area contributed by atoms with Gasteiger partial charge >= 0.3 is 12.3 Å². The molecule has 1 aromatic carbocycles. The number of ether oxygens (including phenoxy) is 2. The lowest BCUT2D eigenvalue weighted by Gasteiger charge is -2.35. The van der Waals surface area contributed by atoms with Gasteiger partial charge in [0.25, 0.3) is 5.91 Å². The van der Waals surface area contributed by atoms with E-state index in [0.717, 1.165) is 6.20 Å². The summed E-state index contributed by atoms with van der Waals surface area (Å²) in [4.78, 5) is 33.1. The van der Waals surface area contributed by atoms with Gasteiger partial charge in [0, 0.05) is 37.3 Å². The van der Waals surface area contributed by atoms with Crippen molar-refractivity contribution in [3.63, 3.8) is 0 Å². The van der Waals surface area contributed by atoms with Crippen molar-refractivity contribution < 1.29 is 32.2 Å². The molecular weight excluding hydrogens is 491 g/mol. The van der Waals surface area contributed by atoms with E-state index in [1.165, 1.54) is 23.8 Å². The van der Waals surface area contributed by atoms with Gasteiger partial charge in [0.05, 0.1) is 19.0 Å². The van der Waals surface area contributed by atoms with Gasteiger partial charge in [0.2, 0.25) is 0 Å². The van der Waals surface area contributed by atoms with Crippen LogP contribution in [0.5, 0.6) is 5.75 Å². The van der Waals surface area contributed by atoms with Gasteiger partial charge in [-0.05, 0) is 52.0 Å². The van der Waals surface area contributed by atoms with Crippen LogP contribution in [-0.2, 0) is 10.9 Å². The van der Waals surface area contributed by atoms with Gasteiger partial charge in [-0.15, -0.1) is 0 Å². The highest BCUT2D eigenvalue weighted by molar-refractivity contribution is 6.00. The molecule has 0 aliphatic carbocycles. The maximum Gasteiger partial charge on any atom is 0.433 e. The minimum atomic E-state index is -4.74. The second-order valence-electron chi connectivity index (χ2n) is 9.71. The van der Waals surface area contributed by atoms with Crippen LogP contribution < -0.4 is 4.74 Å². The Kier molecular flexibility index (Phi) is 6.78. The van der Waals surface area contributed by atoms with E-state index >= 15 is 0 Å². The number of piperazine rings is 1. The van der Waals surface area contributed by atoms with Crippen LogP contribution in [0.15, 0.2) is 30.5 Å². The maximum absolute atomic E-state index is 14.1. The number of hydrogen-bond donors (Lipinski definition) is 0. The average molecular weight is 520 g/mol. The first-order valence-corrected chi connectivity index (χ1v) is 11.7. The normalized spacial score (nSPS) is 14.7. The molecule has 0 unspecified atom stereocenters. The van der Waals surface area contributed by atoms with Gasteiger partial charge in [0.15, 0.2) is 11.3 Å². The summed E-state index contributed by atoms with van der Waals surface area (Å²) in [6.07, 6.45) is -4.11. The Morgan fingerprint density at radius 1 is 0.973 bits per heavy atom. The fourth-order valence-corrected chi connectivity index (χ4v) is 4.18. The summed E-state index contributed by atoms with van der Waals surface area (Å²) in [6, 6.07) is 6.47. The van der Waals surface area contributed by atoms with E-state index in [0.29, 0.717) is 15.8 Å². The number of benzene rings is 1. The Morgan fingerprint density at radius 2 is 1.57 bits per heavy atom. The van der Waals surface area contributed by atoms with Crippen molar-refractivity contribution in [1.82, 2.24) is 24.4 Å². The standard InChI is InChI=1S/C25H28F3N5O4/c1-15-19(16-6-8-17(36-5)9-7-16)30-21-18(14-29-33(21)20(15)25(26,27)28)22(34)31-10-12-32(13-11-31)23(35)37-24(2,3)4/h6-9,14H,10-13H2,1-5H3. The summed E-state index contributed by atoms with van der Waals surface area (Å²) in [6.45, 7) is 7.47. The molecule has 4 rings (SSSR count). The lowest BCUT2D eigenvalue weighted by atomic mass is 10.0. The lowest BCUT2D eigenvalue weighted by molar-refractivity contribution is -0.143. The summed E-state index contributed by atoms with van der Waals surface area (Å²) in [5, 5.41) is 3.89. The van der Waals surface area contributed by atoms with E-state index in [1.54, 1.807) is 45.0 Å². The molecule has 0 radical (unpaired) electrons. The lowest BCUT2D eigenvalue weighted by Crippen LogP contribution is -2.51. The SMILES string of the molecule is COc1ccc(-c2nc3c(C(=O)N4CCN(C(=O)OC(C)(C)C)CC4)cnn3c(C(F)(F)F)c2C)cc1. The molecule has 2 amide bonds. The van der Waals surface area contributed by atoms with Gasteiger partial charge in [-0.25, -0.2) is 14.3 Å². The van der Waals surface area contributed by atoms with Gasteiger partial charge in [-0.1, -0.05) is 0 Å². The highest BCUT2D eigenvalue weighted by Gasteiger charge is 2.39. The molecule has 0 atom stereocenters. The molecule has 1 saturated heterocycles. The molecule has 1 aliphatic rings. The van der Waals surface area contributed by atoms with E-state index in [9.17, 15) is 22.8 Å². The topological polar surface area (TPSA) is 89.3 Å². The summed E-state index contributed by atoms with van der Waals surface area (Å²) < 4.78 is 53.6. The van der Waals surface area contributed by atoms with Crippen molar-refractivity contribution in [2.75, 3.05) is 33.3 Å². The number of alkyl halides is 3. The summed E-state index contributed by atoms with van der Waals surface area (Å²) >= 11 is 0. The number of nitrogens with zero attached hydrogens (tertiary/aromatic N) is 5. The van der Waals surface area contributed by atoms with Gasteiger partial charge < -0.3 is 19.3 Å². The molecule has 198 valence electrons. The van der Waals surface area contributed by atoms with Crippen molar-refractivity contribution in [1.29, 1.82) is 0 Å². The first-order chi connectivity index (χ1) is 17.3. The summed E-state index contributed by atoms with van der Waals surface area (Å²) in [5.41, 5.74) is -1.48. The number of fused-ring (bicyclic) bond motifs is 1. The zero-order chi connectivity index (χ0) is 27.1. The molecule has 3 aromatic rings. The van der Waals surface area contributed by atoms with Gasteiger partial charge in [-0.2, -0.15) is 18.3 Å². The van der Waals surface area contributed by atoms with E-state index in [2.05, 4.69) is 10.1 Å². The molecule has 1 fully saturated rings. The molecular formula is C25H28F3N5O4. The second-order valence-corrected chi connectivity index (χ2v) is 9.71. The van der Waals surface area contributed by atoms with Crippen molar-refractivity contribution in [3.05, 3.63) is 47.3 Å². The smallest absolute Gasteiger partial charge is 0.433 e. The number of halogens is 3. The van der Waals surface area contributed by atoms with Crippen LogP contribution in [0.4, 0.5) is 18.0 Å². The highest BCUT2D eigenvalue weighted by atomic mass is 19.4. The first-order valence-electron chi connectivity index (χ1n) is 11.7. The van der Waals surface area contributed by atoms with Crippen LogP contribution in [-0.4, -0.2) is 75.3 Å². The van der Waals surface area contributed by atoms with Crippen molar-refractivity contribution in [3.8, 4) is 17.0 Å². The Morgan fingerprint density at radius 3 is 2.11 bits per heavy atom. The minimum absolute atomic E-state index is 0.0500. The number of amides is 2. The van der Waals surface area contributed by atoms with Crippen LogP contribution in [0.3, 0.4) is 0 Å². The van der Waals surface area contributed by atoms with Crippen LogP contribution >= 0.6 is 0 Å². The predicted octanol–water partition coefficient (Wildman–Crippen LogP) is 4.43. The van der Waals surface area contributed by atoms with Crippen LogP contribution in [0, 0.1) is 6.92 Å². The fraction of sp³-hybridized carbons (Fsp3) is 0.440. The van der Waals surface area contributed by atoms with E-state index < -0.39 is 29.5 Å². The molecule has 0 saturated carbocycles. The Bertz CT molecular complexity index is 1320. The van der Waals surface area contributed by atoms with Crippen LogP contribution in [0.2, 0.25) is 0 Å². The third-order valence-corrected chi connectivity index (χ3v) is 5.96. The third kappa shape index (κ3) is 5.32. The number of carbonyl (C=O) groups is 2. The number of aromatic nitrogens is 3. The molecule has 2 aromatic heterocycles. The van der Waals surface area contributed by atoms with Crippen molar-refractivity contribution in [2.45, 2.75) is 39.5 Å². The number of methoxy groups -OCH3 is 1. The second kappa shape index (κ2) is 9.56. The van der Waals surface area contributed by atoms with Gasteiger partial charge in [0.1, 0.15) is 16.9 Å². The van der Waals surface area contributed by atoms with Crippen molar-refractivity contribution >= 4 is 17.6 Å². The first kappa shape index (κ1) is 26.2. The molecule has 0 spiro atoms. The Hall–Kier alpha value is -3.83. The average Bonchev–Trinajstić information content (AvgIpc) is 3.24. The molecule has 0 N–H and O–H groups in total. The largest absolute Gasteiger partial charge is 0.497 e. The van der Waals surface area contributed by atoms with Crippen molar-refractivity contribution in [2.24, 2.45) is 0 Å². The molecule has 3 heterocycles. The molecule has 0 bridgehead atoms. The fourth-order valence-electron chi connectivity index (χ4n) is 4.18. The zero-order valence-electron chi connectivity index (χ0n) is 21.2. The van der Waals surface area contributed by atoms with E-state index in [-0.39, 0.29) is 48.6 Å².